The third-order valence-electron chi connectivity index (χ3n) is 7.77. The molecule has 0 radical (unpaired) electrons. The maximum Gasteiger partial charge on any atom is 0.332 e. The van der Waals surface area contributed by atoms with Crippen molar-refractivity contribution in [2.24, 2.45) is 10.8 Å². The minimum Gasteiger partial charge on any atom is -0.440 e. The summed E-state index contributed by atoms with van der Waals surface area (Å²) in [4.78, 5) is 0. The van der Waals surface area contributed by atoms with Gasteiger partial charge in [0.25, 0.3) is 9.03 Å². The maximum atomic E-state index is 5.98. The Balaban J connectivity index is 0.000000726. The molecule has 0 spiro atoms. The molecule has 3 aliphatic rings. The van der Waals surface area contributed by atoms with E-state index >= 15 is 0 Å². The molecule has 2 fully saturated rings. The molecular formula is C37H67O9P5W. The van der Waals surface area contributed by atoms with E-state index in [0.717, 1.165) is 44.3 Å². The van der Waals surface area contributed by atoms with Gasteiger partial charge in [-0.05, 0) is 108 Å². The van der Waals surface area contributed by atoms with Gasteiger partial charge in [0, 0.05) is 78.9 Å². The van der Waals surface area contributed by atoms with Crippen LogP contribution in [0, 0.1) is 52.4 Å². The second kappa shape index (κ2) is 25.8. The first-order valence-corrected chi connectivity index (χ1v) is 24.8. The Labute approximate surface area is 338 Å². The van der Waals surface area contributed by atoms with Gasteiger partial charge in [-0.3, -0.25) is 0 Å². The Morgan fingerprint density at radius 2 is 0.885 bits per heavy atom. The largest absolute Gasteiger partial charge is 0.440 e. The second-order valence-electron chi connectivity index (χ2n) is 14.9. The van der Waals surface area contributed by atoms with Crippen molar-refractivity contribution in [1.29, 1.82) is 0 Å². The molecular weight excluding hydrogens is 927 g/mol. The number of fused-ring (bicyclic) bond motifs is 2. The van der Waals surface area contributed by atoms with E-state index in [1.165, 1.54) is 44.5 Å². The zero-order chi connectivity index (χ0) is 39.1. The molecule has 0 saturated carbocycles. The number of hydrogen-bond donors (Lipinski definition) is 0. The van der Waals surface area contributed by atoms with E-state index in [9.17, 15) is 0 Å². The molecule has 3 aliphatic heterocycles. The summed E-state index contributed by atoms with van der Waals surface area (Å²) >= 11 is 0. The average molecular weight is 995 g/mol. The van der Waals surface area contributed by atoms with Crippen LogP contribution in [0.2, 0.25) is 0 Å². The molecule has 0 unspecified atom stereocenters. The first-order valence-electron chi connectivity index (χ1n) is 17.0. The van der Waals surface area contributed by atoms with Gasteiger partial charge in [-0.15, -0.1) is 7.92 Å². The standard InChI is InChI=1S/C19H23O2P.2C6H13O3P.C3H9OP.C3H9P.W/c1-10-7-12(3)18-16(14(10)5)9-17-15(6)11(2)8-13(4)19(17)21-22-20-18;2*1-6(2)4-8-10(7-3)9-5-6;1-4-5(2)3;1-4(2)3;/h7-8,22H,9H2,1-6H3;2*4-5H2,1-3H3;1-3H3;1-3H3;. The molecule has 15 heteroatoms. The van der Waals surface area contributed by atoms with Crippen LogP contribution in [0.25, 0.3) is 0 Å². The molecule has 0 aliphatic carbocycles. The molecule has 2 aromatic rings. The summed E-state index contributed by atoms with van der Waals surface area (Å²) in [5.74, 6) is 2.01. The quantitative estimate of drug-likeness (QED) is 0.279. The Bertz CT molecular complexity index is 1230. The Morgan fingerprint density at radius 1 is 0.596 bits per heavy atom. The van der Waals surface area contributed by atoms with E-state index in [0.29, 0.717) is 7.92 Å². The van der Waals surface area contributed by atoms with Gasteiger partial charge in [0.2, 0.25) is 0 Å². The van der Waals surface area contributed by atoms with E-state index in [1.54, 1.807) is 21.3 Å². The summed E-state index contributed by atoms with van der Waals surface area (Å²) in [5.41, 5.74) is 10.6. The van der Waals surface area contributed by atoms with Crippen molar-refractivity contribution in [3.63, 3.8) is 0 Å². The Hall–Kier alpha value is 0.598. The van der Waals surface area contributed by atoms with Crippen LogP contribution in [-0.4, -0.2) is 81.1 Å². The van der Waals surface area contributed by atoms with E-state index in [-0.39, 0.29) is 49.1 Å². The van der Waals surface area contributed by atoms with Crippen molar-refractivity contribution in [1.82, 2.24) is 0 Å². The monoisotopic (exact) mass is 994 g/mol. The first-order chi connectivity index (χ1) is 23.7. The van der Waals surface area contributed by atoms with Crippen molar-refractivity contribution in [2.45, 2.75) is 75.7 Å². The predicted octanol–water partition coefficient (Wildman–Crippen LogP) is 11.9. The smallest absolute Gasteiger partial charge is 0.332 e. The molecule has 0 bridgehead atoms. The molecule has 0 amide bonds. The zero-order valence-corrected chi connectivity index (χ0v) is 42.6. The van der Waals surface area contributed by atoms with Crippen LogP contribution in [0.1, 0.15) is 72.2 Å². The van der Waals surface area contributed by atoms with Gasteiger partial charge in [0.15, 0.2) is 0 Å². The molecule has 0 aromatic heterocycles. The van der Waals surface area contributed by atoms with Gasteiger partial charge in [-0.25, -0.2) is 0 Å². The summed E-state index contributed by atoms with van der Waals surface area (Å²) in [7, 11) is 3.16. The predicted molar refractivity (Wildman–Crippen MR) is 223 cm³/mol. The van der Waals surface area contributed by atoms with Gasteiger partial charge >= 0.3 is 17.2 Å². The van der Waals surface area contributed by atoms with Crippen LogP contribution in [0.15, 0.2) is 12.1 Å². The van der Waals surface area contributed by atoms with Crippen LogP contribution in [0.3, 0.4) is 0 Å². The summed E-state index contributed by atoms with van der Waals surface area (Å²) < 4.78 is 47.6. The van der Waals surface area contributed by atoms with E-state index in [2.05, 4.69) is 115 Å². The Morgan fingerprint density at radius 3 is 1.13 bits per heavy atom. The van der Waals surface area contributed by atoms with Crippen LogP contribution in [0.4, 0.5) is 0 Å². The Kier molecular flexibility index (Phi) is 26.1. The van der Waals surface area contributed by atoms with E-state index in [1.807, 2.05) is 0 Å². The molecule has 3 heterocycles. The SMILES string of the molecule is COP(C)C.COP1OCC(C)(C)CO1.COP1OCC(C)(C)CO1.CP(C)C.Cc1cc(C)c2c(c1C)Cc1c(C)c(C)cc(C)c1OPO2.[W]. The summed E-state index contributed by atoms with van der Waals surface area (Å²) in [6.45, 7) is 35.1. The van der Waals surface area contributed by atoms with Crippen LogP contribution in [-0.2, 0) is 59.2 Å². The number of hydrogen-bond acceptors (Lipinski definition) is 9. The molecule has 300 valence electrons. The fourth-order valence-electron chi connectivity index (χ4n) is 4.56. The number of benzene rings is 2. The minimum absolute atomic E-state index is 0. The molecule has 2 aromatic carbocycles. The minimum atomic E-state index is -1.03. The van der Waals surface area contributed by atoms with Crippen LogP contribution in [0.5, 0.6) is 11.5 Å². The third kappa shape index (κ3) is 19.2. The molecule has 0 atom stereocenters. The summed E-state index contributed by atoms with van der Waals surface area (Å²) in [5, 5.41) is 0. The van der Waals surface area contributed by atoms with Crippen molar-refractivity contribution < 1.29 is 61.8 Å². The molecule has 9 nitrogen and oxygen atoms in total. The van der Waals surface area contributed by atoms with Crippen molar-refractivity contribution in [3.05, 3.63) is 56.6 Å². The number of rotatable bonds is 3. The zero-order valence-electron chi connectivity index (χ0n) is 35.1. The normalized spacial score (nSPS) is 17.5. The second-order valence-corrected chi connectivity index (χ2v) is 22.8. The van der Waals surface area contributed by atoms with Crippen molar-refractivity contribution >= 4 is 42.3 Å². The van der Waals surface area contributed by atoms with Gasteiger partial charge in [0.05, 0.1) is 26.4 Å². The summed E-state index contributed by atoms with van der Waals surface area (Å²) in [6.07, 6.45) is 0.873. The molecule has 52 heavy (non-hydrogen) atoms. The van der Waals surface area contributed by atoms with Gasteiger partial charge in [-0.2, -0.15) is 0 Å². The van der Waals surface area contributed by atoms with Crippen LogP contribution < -0.4 is 9.05 Å². The molecule has 2 saturated heterocycles. The fraction of sp³-hybridized carbons (Fsp3) is 0.676. The topological polar surface area (TPSA) is 83.1 Å². The van der Waals surface area contributed by atoms with Crippen LogP contribution >= 0.6 is 42.3 Å². The van der Waals surface area contributed by atoms with Gasteiger partial charge < -0.3 is 40.7 Å². The van der Waals surface area contributed by atoms with E-state index < -0.39 is 17.2 Å². The molecule has 0 N–H and O–H groups in total. The van der Waals surface area contributed by atoms with Gasteiger partial charge in [-0.1, -0.05) is 39.8 Å². The maximum absolute atomic E-state index is 5.98. The summed E-state index contributed by atoms with van der Waals surface area (Å²) in [6, 6.07) is 4.41. The van der Waals surface area contributed by atoms with Crippen molar-refractivity contribution in [3.8, 4) is 11.5 Å². The van der Waals surface area contributed by atoms with E-state index in [4.69, 9.17) is 40.7 Å². The average Bonchev–Trinajstić information content (AvgIpc) is 3.03. The number of aryl methyl sites for hydroxylation is 4. The third-order valence-corrected chi connectivity index (χ3v) is 11.0. The first kappa shape index (κ1) is 52.6. The molecule has 5 rings (SSSR count). The van der Waals surface area contributed by atoms with Crippen molar-refractivity contribution in [2.75, 3.05) is 81.1 Å². The fourth-order valence-corrected chi connectivity index (χ4v) is 7.73. The van der Waals surface area contributed by atoms with Gasteiger partial charge in [0.1, 0.15) is 11.5 Å².